The van der Waals surface area contributed by atoms with Crippen LogP contribution in [-0.4, -0.2) is 31.2 Å². The van der Waals surface area contributed by atoms with Crippen LogP contribution in [-0.2, 0) is 9.53 Å². The number of amides is 1. The third-order valence-electron chi connectivity index (χ3n) is 3.21. The molecule has 1 aliphatic heterocycles. The number of benzene rings is 1. The van der Waals surface area contributed by atoms with Crippen molar-refractivity contribution in [3.63, 3.8) is 0 Å². The van der Waals surface area contributed by atoms with Crippen molar-refractivity contribution in [3.8, 4) is 0 Å². The van der Waals surface area contributed by atoms with Crippen LogP contribution in [0.15, 0.2) is 28.7 Å². The lowest BCUT2D eigenvalue weighted by Gasteiger charge is -2.23. The zero-order valence-electron chi connectivity index (χ0n) is 11.0. The highest BCUT2D eigenvalue weighted by Crippen LogP contribution is 2.23. The zero-order chi connectivity index (χ0) is 13.7. The van der Waals surface area contributed by atoms with Gasteiger partial charge in [0.25, 0.3) is 0 Å². The largest absolute Gasteiger partial charge is 0.374 e. The lowest BCUT2D eigenvalue weighted by atomic mass is 10.0. The molecule has 1 saturated heterocycles. The van der Waals surface area contributed by atoms with E-state index < -0.39 is 0 Å². The minimum Gasteiger partial charge on any atom is -0.374 e. The molecule has 0 saturated carbocycles. The smallest absolute Gasteiger partial charge is 0.238 e. The number of nitrogens with one attached hydrogen (secondary N) is 2. The minimum absolute atomic E-state index is 0.0380. The van der Waals surface area contributed by atoms with E-state index in [1.54, 1.807) is 0 Å². The quantitative estimate of drug-likeness (QED) is 0.874. The molecule has 0 aromatic heterocycles. The Morgan fingerprint density at radius 2 is 2.16 bits per heavy atom. The Morgan fingerprint density at radius 3 is 2.79 bits per heavy atom. The molecule has 1 amide bonds. The molecule has 0 aliphatic carbocycles. The van der Waals surface area contributed by atoms with Crippen LogP contribution in [0.4, 0.5) is 5.69 Å². The molecule has 4 nitrogen and oxygen atoms in total. The van der Waals surface area contributed by atoms with Crippen molar-refractivity contribution in [1.82, 2.24) is 5.32 Å². The van der Waals surface area contributed by atoms with Crippen LogP contribution < -0.4 is 10.6 Å². The standard InChI is InChI=1S/C14H19BrN2O2/c1-14(7-2-8-19-14)10-16-9-13(18)17-12-5-3-11(15)4-6-12/h3-6,16H,2,7-10H2,1H3,(H,17,18). The Kier molecular flexibility index (Phi) is 4.96. The lowest BCUT2D eigenvalue weighted by Crippen LogP contribution is -2.40. The molecule has 1 heterocycles. The fourth-order valence-corrected chi connectivity index (χ4v) is 2.42. The number of carbonyl (C=O) groups excluding carboxylic acids is 1. The molecule has 5 heteroatoms. The van der Waals surface area contributed by atoms with Crippen molar-refractivity contribution < 1.29 is 9.53 Å². The van der Waals surface area contributed by atoms with E-state index in [2.05, 4.69) is 33.5 Å². The summed E-state index contributed by atoms with van der Waals surface area (Å²) in [5.74, 6) is -0.0380. The molecule has 0 bridgehead atoms. The van der Waals surface area contributed by atoms with Gasteiger partial charge in [0.2, 0.25) is 5.91 Å². The van der Waals surface area contributed by atoms with Gasteiger partial charge >= 0.3 is 0 Å². The van der Waals surface area contributed by atoms with Gasteiger partial charge in [0, 0.05) is 23.3 Å². The van der Waals surface area contributed by atoms with E-state index in [9.17, 15) is 4.79 Å². The summed E-state index contributed by atoms with van der Waals surface area (Å²) in [6.07, 6.45) is 2.15. The second-order valence-electron chi connectivity index (χ2n) is 5.06. The van der Waals surface area contributed by atoms with Crippen LogP contribution >= 0.6 is 15.9 Å². The summed E-state index contributed by atoms with van der Waals surface area (Å²) in [6.45, 7) is 3.92. The van der Waals surface area contributed by atoms with Gasteiger partial charge in [0.1, 0.15) is 0 Å². The highest BCUT2D eigenvalue weighted by Gasteiger charge is 2.29. The van der Waals surface area contributed by atoms with E-state index in [1.165, 1.54) is 0 Å². The maximum absolute atomic E-state index is 11.7. The summed E-state index contributed by atoms with van der Waals surface area (Å²) in [5, 5.41) is 6.00. The van der Waals surface area contributed by atoms with E-state index in [4.69, 9.17) is 4.74 Å². The summed E-state index contributed by atoms with van der Waals surface area (Å²) < 4.78 is 6.65. The number of carbonyl (C=O) groups is 1. The summed E-state index contributed by atoms with van der Waals surface area (Å²) in [4.78, 5) is 11.7. The van der Waals surface area contributed by atoms with Crippen molar-refractivity contribution in [2.75, 3.05) is 25.0 Å². The number of hydrogen-bond donors (Lipinski definition) is 2. The molecular weight excluding hydrogens is 308 g/mol. The highest BCUT2D eigenvalue weighted by molar-refractivity contribution is 9.10. The third kappa shape index (κ3) is 4.60. The van der Waals surface area contributed by atoms with E-state index in [0.29, 0.717) is 13.1 Å². The highest BCUT2D eigenvalue weighted by atomic mass is 79.9. The number of anilines is 1. The van der Waals surface area contributed by atoms with Gasteiger partial charge in [-0.15, -0.1) is 0 Å². The van der Waals surface area contributed by atoms with Crippen LogP contribution in [0, 0.1) is 0 Å². The van der Waals surface area contributed by atoms with Crippen LogP contribution in [0.5, 0.6) is 0 Å². The number of hydrogen-bond acceptors (Lipinski definition) is 3. The van der Waals surface area contributed by atoms with Crippen molar-refractivity contribution in [1.29, 1.82) is 0 Å². The molecule has 0 spiro atoms. The molecule has 1 unspecified atom stereocenters. The molecule has 1 aromatic carbocycles. The molecule has 104 valence electrons. The first-order valence-corrected chi connectivity index (χ1v) is 7.27. The average molecular weight is 327 g/mol. The molecule has 1 fully saturated rings. The van der Waals surface area contributed by atoms with Crippen molar-refractivity contribution in [2.24, 2.45) is 0 Å². The second-order valence-corrected chi connectivity index (χ2v) is 5.98. The number of ether oxygens (including phenoxy) is 1. The van der Waals surface area contributed by atoms with Gasteiger partial charge in [-0.25, -0.2) is 0 Å². The minimum atomic E-state index is -0.113. The fourth-order valence-electron chi connectivity index (χ4n) is 2.16. The molecule has 1 aromatic rings. The molecule has 1 atom stereocenters. The van der Waals surface area contributed by atoms with Crippen molar-refractivity contribution in [3.05, 3.63) is 28.7 Å². The Hall–Kier alpha value is -0.910. The Labute approximate surface area is 122 Å². The van der Waals surface area contributed by atoms with E-state index in [-0.39, 0.29) is 11.5 Å². The van der Waals surface area contributed by atoms with Gasteiger partial charge in [-0.3, -0.25) is 4.79 Å². The first-order valence-electron chi connectivity index (χ1n) is 6.48. The van der Waals surface area contributed by atoms with Gasteiger partial charge in [-0.1, -0.05) is 15.9 Å². The van der Waals surface area contributed by atoms with Crippen LogP contribution in [0.25, 0.3) is 0 Å². The summed E-state index contributed by atoms with van der Waals surface area (Å²) in [6, 6.07) is 7.53. The topological polar surface area (TPSA) is 50.4 Å². The predicted molar refractivity (Wildman–Crippen MR) is 79.2 cm³/mol. The normalized spacial score (nSPS) is 22.4. The monoisotopic (exact) mass is 326 g/mol. The average Bonchev–Trinajstić information content (AvgIpc) is 2.79. The molecular formula is C14H19BrN2O2. The van der Waals surface area contributed by atoms with Gasteiger partial charge in [0.05, 0.1) is 12.1 Å². The Bertz CT molecular complexity index is 428. The van der Waals surface area contributed by atoms with E-state index in [1.807, 2.05) is 24.3 Å². The third-order valence-corrected chi connectivity index (χ3v) is 3.74. The Balaban J connectivity index is 1.71. The lowest BCUT2D eigenvalue weighted by molar-refractivity contribution is -0.115. The van der Waals surface area contributed by atoms with Gasteiger partial charge < -0.3 is 15.4 Å². The van der Waals surface area contributed by atoms with Crippen molar-refractivity contribution in [2.45, 2.75) is 25.4 Å². The maximum atomic E-state index is 11.7. The maximum Gasteiger partial charge on any atom is 0.238 e. The van der Waals surface area contributed by atoms with Crippen molar-refractivity contribution >= 4 is 27.5 Å². The Morgan fingerprint density at radius 1 is 1.42 bits per heavy atom. The fraction of sp³-hybridized carbons (Fsp3) is 0.500. The van der Waals surface area contributed by atoms with E-state index in [0.717, 1.165) is 29.6 Å². The van der Waals surface area contributed by atoms with E-state index >= 15 is 0 Å². The number of rotatable bonds is 5. The first-order chi connectivity index (χ1) is 9.07. The van der Waals surface area contributed by atoms with Crippen LogP contribution in [0.3, 0.4) is 0 Å². The summed E-state index contributed by atoms with van der Waals surface area (Å²) >= 11 is 3.36. The van der Waals surface area contributed by atoms with Gasteiger partial charge in [-0.2, -0.15) is 0 Å². The molecule has 19 heavy (non-hydrogen) atoms. The SMILES string of the molecule is CC1(CNCC(=O)Nc2ccc(Br)cc2)CCCO1. The first kappa shape index (κ1) is 14.5. The van der Waals surface area contributed by atoms with Gasteiger partial charge in [0.15, 0.2) is 0 Å². The van der Waals surface area contributed by atoms with Gasteiger partial charge in [-0.05, 0) is 44.0 Å². The van der Waals surface area contributed by atoms with Crippen LogP contribution in [0.1, 0.15) is 19.8 Å². The van der Waals surface area contributed by atoms with Crippen LogP contribution in [0.2, 0.25) is 0 Å². The number of halogens is 1. The molecule has 1 aliphatic rings. The molecule has 2 rings (SSSR count). The second kappa shape index (κ2) is 6.50. The molecule has 2 N–H and O–H groups in total. The zero-order valence-corrected chi connectivity index (χ0v) is 12.6. The molecule has 0 radical (unpaired) electrons. The summed E-state index contributed by atoms with van der Waals surface area (Å²) in [7, 11) is 0. The summed E-state index contributed by atoms with van der Waals surface area (Å²) in [5.41, 5.74) is 0.691. The predicted octanol–water partition coefficient (Wildman–Crippen LogP) is 2.55.